The minimum Gasteiger partial charge on any atom is -0.493 e. The van der Waals surface area contributed by atoms with E-state index in [1.165, 1.54) is 39.3 Å². The number of hydrogen-bond acceptors (Lipinski definition) is 9. The van der Waals surface area contributed by atoms with Gasteiger partial charge in [-0.05, 0) is 18.2 Å². The van der Waals surface area contributed by atoms with Gasteiger partial charge >= 0.3 is 5.97 Å². The Hall–Kier alpha value is -2.40. The quantitative estimate of drug-likeness (QED) is 0.444. The van der Waals surface area contributed by atoms with Gasteiger partial charge in [-0.15, -0.1) is 0 Å². The summed E-state index contributed by atoms with van der Waals surface area (Å²) in [5.41, 5.74) is 0.230. The number of carbonyl (C=O) groups is 2. The van der Waals surface area contributed by atoms with Gasteiger partial charge in [-0.2, -0.15) is 0 Å². The van der Waals surface area contributed by atoms with E-state index in [2.05, 4.69) is 10.1 Å². The van der Waals surface area contributed by atoms with Crippen molar-refractivity contribution in [2.45, 2.75) is 37.6 Å². The minimum atomic E-state index is -1.44. The highest BCUT2D eigenvalue weighted by Crippen LogP contribution is 2.32. The molecule has 1 aromatic rings. The van der Waals surface area contributed by atoms with Gasteiger partial charge in [0.2, 0.25) is 12.2 Å². The van der Waals surface area contributed by atoms with Gasteiger partial charge in [0.25, 0.3) is 0 Å². The van der Waals surface area contributed by atoms with E-state index in [0.29, 0.717) is 0 Å². The third kappa shape index (κ3) is 4.66. The molecule has 0 radical (unpaired) electrons. The molecule has 1 aliphatic rings. The van der Waals surface area contributed by atoms with Crippen LogP contribution in [0, 0.1) is 0 Å². The molecule has 4 N–H and O–H groups in total. The second-order valence-electron chi connectivity index (χ2n) is 5.91. The van der Waals surface area contributed by atoms with Crippen LogP contribution in [0.1, 0.15) is 17.3 Å². The van der Waals surface area contributed by atoms with Crippen molar-refractivity contribution in [3.05, 3.63) is 23.8 Å². The normalized spacial score (nSPS) is 27.6. The Morgan fingerprint density at radius 3 is 2.44 bits per heavy atom. The molecule has 2 rings (SSSR count). The fourth-order valence-corrected chi connectivity index (χ4v) is 2.71. The molecule has 0 bridgehead atoms. The average Bonchev–Trinajstić information content (AvgIpc) is 2.66. The highest BCUT2D eigenvalue weighted by atomic mass is 16.7. The second-order valence-corrected chi connectivity index (χ2v) is 5.91. The Bertz CT molecular complexity index is 680. The lowest BCUT2D eigenvalue weighted by atomic mass is 9.97. The van der Waals surface area contributed by atoms with Crippen LogP contribution in [0.25, 0.3) is 0 Å². The number of aliphatic hydroxyl groups excluding tert-OH is 3. The monoisotopic (exact) mass is 385 g/mol. The number of benzene rings is 1. The molecule has 5 atom stereocenters. The molecule has 1 heterocycles. The summed E-state index contributed by atoms with van der Waals surface area (Å²) in [7, 11) is 2.61. The Morgan fingerprint density at radius 2 is 1.89 bits per heavy atom. The molecule has 0 aromatic heterocycles. The molecule has 0 unspecified atom stereocenters. The standard InChI is InChI=1S/C17H23NO9/c1-8(20)18-13-15(22)14(21)12(7-19)27-17(13)26-10-5-4-9(16(23)25-3)6-11(10)24-2/h4-6,12-15,17,19,21-22H,7H2,1-3H3,(H,18,20)/t12-,13+,14+,15+,17-/m1/s1. The van der Waals surface area contributed by atoms with Crippen molar-refractivity contribution in [3.63, 3.8) is 0 Å². The molecule has 0 saturated carbocycles. The van der Waals surface area contributed by atoms with Gasteiger partial charge in [0, 0.05) is 6.92 Å². The SMILES string of the molecule is COC(=O)c1ccc(O[C@@H]2O[C@H](CO)[C@H](O)[C@@H](O)[C@@H]2NC(C)=O)c(OC)c1. The lowest BCUT2D eigenvalue weighted by molar-refractivity contribution is -0.244. The summed E-state index contributed by atoms with van der Waals surface area (Å²) in [6.45, 7) is 0.670. The molecular formula is C17H23NO9. The third-order valence-electron chi connectivity index (χ3n) is 4.08. The molecular weight excluding hydrogens is 362 g/mol. The molecule has 1 fully saturated rings. The molecule has 1 aromatic carbocycles. The number of ether oxygens (including phenoxy) is 4. The van der Waals surface area contributed by atoms with E-state index in [0.717, 1.165) is 0 Å². The van der Waals surface area contributed by atoms with Crippen molar-refractivity contribution in [2.75, 3.05) is 20.8 Å². The van der Waals surface area contributed by atoms with Crippen LogP contribution >= 0.6 is 0 Å². The Morgan fingerprint density at radius 1 is 1.19 bits per heavy atom. The molecule has 0 aliphatic carbocycles. The third-order valence-corrected chi connectivity index (χ3v) is 4.08. The fourth-order valence-electron chi connectivity index (χ4n) is 2.71. The smallest absolute Gasteiger partial charge is 0.337 e. The van der Waals surface area contributed by atoms with Crippen molar-refractivity contribution in [1.29, 1.82) is 0 Å². The highest BCUT2D eigenvalue weighted by molar-refractivity contribution is 5.90. The number of aliphatic hydroxyl groups is 3. The maximum absolute atomic E-state index is 11.6. The lowest BCUT2D eigenvalue weighted by Gasteiger charge is -2.42. The van der Waals surface area contributed by atoms with Gasteiger partial charge in [0.05, 0.1) is 26.4 Å². The first-order valence-electron chi connectivity index (χ1n) is 8.15. The van der Waals surface area contributed by atoms with Gasteiger partial charge < -0.3 is 39.6 Å². The molecule has 10 nitrogen and oxygen atoms in total. The Balaban J connectivity index is 2.30. The Kier molecular flexibility index (Phi) is 6.97. The second kappa shape index (κ2) is 9.00. The van der Waals surface area contributed by atoms with Crippen molar-refractivity contribution < 1.29 is 43.9 Å². The van der Waals surface area contributed by atoms with Crippen LogP contribution in [-0.2, 0) is 14.3 Å². The number of amides is 1. The molecule has 1 saturated heterocycles. The number of nitrogens with one attached hydrogen (secondary N) is 1. The summed E-state index contributed by atoms with van der Waals surface area (Å²) >= 11 is 0. The van der Waals surface area contributed by atoms with E-state index in [4.69, 9.17) is 14.2 Å². The van der Waals surface area contributed by atoms with Crippen molar-refractivity contribution in [2.24, 2.45) is 0 Å². The summed E-state index contributed by atoms with van der Waals surface area (Å²) in [5, 5.41) is 32.1. The lowest BCUT2D eigenvalue weighted by Crippen LogP contribution is -2.65. The van der Waals surface area contributed by atoms with E-state index >= 15 is 0 Å². The van der Waals surface area contributed by atoms with E-state index in [1.54, 1.807) is 0 Å². The van der Waals surface area contributed by atoms with Crippen LogP contribution in [0.5, 0.6) is 11.5 Å². The predicted molar refractivity (Wildman–Crippen MR) is 90.3 cm³/mol. The first-order valence-corrected chi connectivity index (χ1v) is 8.15. The number of rotatable bonds is 6. The first kappa shape index (κ1) is 20.9. The van der Waals surface area contributed by atoms with Crippen LogP contribution in [0.3, 0.4) is 0 Å². The topological polar surface area (TPSA) is 144 Å². The van der Waals surface area contributed by atoms with Gasteiger partial charge in [-0.25, -0.2) is 4.79 Å². The van der Waals surface area contributed by atoms with E-state index < -0.39 is 49.1 Å². The van der Waals surface area contributed by atoms with E-state index in [9.17, 15) is 24.9 Å². The summed E-state index contributed by atoms with van der Waals surface area (Å²) in [6, 6.07) is 3.16. The van der Waals surface area contributed by atoms with Crippen LogP contribution in [0.15, 0.2) is 18.2 Å². The van der Waals surface area contributed by atoms with Crippen LogP contribution in [0.4, 0.5) is 0 Å². The molecule has 27 heavy (non-hydrogen) atoms. The maximum atomic E-state index is 11.6. The van der Waals surface area contributed by atoms with E-state index in [-0.39, 0.29) is 17.1 Å². The van der Waals surface area contributed by atoms with Crippen molar-refractivity contribution >= 4 is 11.9 Å². The van der Waals surface area contributed by atoms with Crippen LogP contribution in [-0.4, -0.2) is 78.7 Å². The minimum absolute atomic E-state index is 0.158. The average molecular weight is 385 g/mol. The number of carbonyl (C=O) groups excluding carboxylic acids is 2. The highest BCUT2D eigenvalue weighted by Gasteiger charge is 2.46. The van der Waals surface area contributed by atoms with Crippen LogP contribution < -0.4 is 14.8 Å². The molecule has 1 amide bonds. The van der Waals surface area contributed by atoms with Gasteiger partial charge in [0.15, 0.2) is 11.5 Å². The fraction of sp³-hybridized carbons (Fsp3) is 0.529. The van der Waals surface area contributed by atoms with Gasteiger partial charge in [-0.3, -0.25) is 4.79 Å². The van der Waals surface area contributed by atoms with Crippen molar-refractivity contribution in [3.8, 4) is 11.5 Å². The maximum Gasteiger partial charge on any atom is 0.337 e. The zero-order valence-corrected chi connectivity index (χ0v) is 15.1. The number of hydrogen-bond donors (Lipinski definition) is 4. The van der Waals surface area contributed by atoms with E-state index in [1.807, 2.05) is 0 Å². The van der Waals surface area contributed by atoms with Crippen LogP contribution in [0.2, 0.25) is 0 Å². The predicted octanol–water partition coefficient (Wildman–Crippen LogP) is -1.20. The number of esters is 1. The molecule has 10 heteroatoms. The largest absolute Gasteiger partial charge is 0.493 e. The molecule has 1 aliphatic heterocycles. The van der Waals surface area contributed by atoms with Gasteiger partial charge in [0.1, 0.15) is 24.4 Å². The molecule has 0 spiro atoms. The zero-order valence-electron chi connectivity index (χ0n) is 15.1. The van der Waals surface area contributed by atoms with Gasteiger partial charge in [-0.1, -0.05) is 0 Å². The molecule has 150 valence electrons. The number of methoxy groups -OCH3 is 2. The summed E-state index contributed by atoms with van der Waals surface area (Å²) in [4.78, 5) is 23.1. The Labute approximate surface area is 155 Å². The first-order chi connectivity index (χ1) is 12.8. The summed E-state index contributed by atoms with van der Waals surface area (Å²) < 4.78 is 21.1. The van der Waals surface area contributed by atoms with Crippen molar-refractivity contribution in [1.82, 2.24) is 5.32 Å². The summed E-state index contributed by atoms with van der Waals surface area (Å²) in [6.07, 6.45) is -5.21. The zero-order chi connectivity index (χ0) is 20.1. The summed E-state index contributed by atoms with van der Waals surface area (Å²) in [5.74, 6) is -0.697.